The molecule has 0 N–H and O–H groups in total. The number of ether oxygens (including phenoxy) is 1. The Morgan fingerprint density at radius 1 is 1.09 bits per heavy atom. The second kappa shape index (κ2) is 8.03. The summed E-state index contributed by atoms with van der Waals surface area (Å²) in [5, 5.41) is 0.556. The van der Waals surface area contributed by atoms with Crippen LogP contribution in [0.1, 0.15) is 11.1 Å². The fourth-order valence-electron chi connectivity index (χ4n) is 1.47. The van der Waals surface area contributed by atoms with Gasteiger partial charge in [-0.2, -0.15) is 13.2 Å². The first kappa shape index (κ1) is 17.4. The summed E-state index contributed by atoms with van der Waals surface area (Å²) in [5.74, 6) is 1.60. The summed E-state index contributed by atoms with van der Waals surface area (Å²) in [5.41, 5.74) is 0.423. The molecule has 2 nitrogen and oxygen atoms in total. The molecule has 0 unspecified atom stereocenters. The first-order chi connectivity index (χ1) is 10.5. The second-order valence-corrected chi connectivity index (χ2v) is 8.23. The number of aromatic nitrogens is 1. The maximum atomic E-state index is 12.4. The molecule has 0 saturated heterocycles. The summed E-state index contributed by atoms with van der Waals surface area (Å²) >= 11 is 0. The van der Waals surface area contributed by atoms with Crippen molar-refractivity contribution in [2.75, 3.05) is 7.11 Å². The number of alkyl halides is 3. The van der Waals surface area contributed by atoms with Crippen LogP contribution in [0, 0.1) is 0 Å². The number of pyridine rings is 1. The van der Waals surface area contributed by atoms with Crippen LogP contribution in [0.25, 0.3) is 0 Å². The summed E-state index contributed by atoms with van der Waals surface area (Å²) < 4.78 is 42.3. The zero-order valence-electron chi connectivity index (χ0n) is 11.5. The summed E-state index contributed by atoms with van der Waals surface area (Å²) in [6, 6.07) is 10.2. The van der Waals surface area contributed by atoms with Crippen LogP contribution in [0.15, 0.2) is 47.6 Å². The van der Waals surface area contributed by atoms with E-state index in [9.17, 15) is 13.2 Å². The van der Waals surface area contributed by atoms with Gasteiger partial charge in [-0.1, -0.05) is 22.9 Å². The SMILES string of the molecule is COc1ccc(CSSSc2ccc(C(F)(F)F)cn2)cc1. The normalized spacial score (nSPS) is 11.5. The fraction of sp³-hybridized carbons (Fsp3) is 0.214. The molecule has 22 heavy (non-hydrogen) atoms. The van der Waals surface area contributed by atoms with Crippen LogP contribution in [0.4, 0.5) is 13.2 Å². The molecule has 2 rings (SSSR count). The lowest BCUT2D eigenvalue weighted by atomic mass is 10.2. The van der Waals surface area contributed by atoms with Crippen molar-refractivity contribution in [3.05, 3.63) is 53.7 Å². The average Bonchev–Trinajstić information content (AvgIpc) is 2.52. The highest BCUT2D eigenvalue weighted by atomic mass is 33.5. The highest BCUT2D eigenvalue weighted by Crippen LogP contribution is 2.41. The van der Waals surface area contributed by atoms with Gasteiger partial charge >= 0.3 is 6.18 Å². The van der Waals surface area contributed by atoms with Crippen molar-refractivity contribution in [1.82, 2.24) is 4.98 Å². The maximum Gasteiger partial charge on any atom is 0.417 e. The molecule has 0 radical (unpaired) electrons. The van der Waals surface area contributed by atoms with Crippen molar-refractivity contribution >= 4 is 31.4 Å². The van der Waals surface area contributed by atoms with E-state index in [0.717, 1.165) is 29.3 Å². The van der Waals surface area contributed by atoms with E-state index >= 15 is 0 Å². The van der Waals surface area contributed by atoms with Gasteiger partial charge in [0.1, 0.15) is 10.8 Å². The van der Waals surface area contributed by atoms with Gasteiger partial charge in [-0.25, -0.2) is 4.98 Å². The summed E-state index contributed by atoms with van der Waals surface area (Å²) in [6.07, 6.45) is -3.48. The quantitative estimate of drug-likeness (QED) is 0.484. The third kappa shape index (κ3) is 5.33. The van der Waals surface area contributed by atoms with Gasteiger partial charge in [0.25, 0.3) is 0 Å². The number of hydrogen-bond donors (Lipinski definition) is 0. The van der Waals surface area contributed by atoms with Gasteiger partial charge in [0.2, 0.25) is 0 Å². The topological polar surface area (TPSA) is 22.1 Å². The van der Waals surface area contributed by atoms with Gasteiger partial charge in [-0.3, -0.25) is 0 Å². The fourth-order valence-corrected chi connectivity index (χ4v) is 4.88. The predicted octanol–water partition coefficient (Wildman–Crippen LogP) is 5.70. The van der Waals surface area contributed by atoms with Gasteiger partial charge in [-0.05, 0) is 50.4 Å². The molecule has 0 aliphatic rings. The summed E-state index contributed by atoms with van der Waals surface area (Å²) in [6.45, 7) is 0. The highest BCUT2D eigenvalue weighted by molar-refractivity contribution is 9.09. The van der Waals surface area contributed by atoms with Crippen LogP contribution < -0.4 is 4.74 Å². The smallest absolute Gasteiger partial charge is 0.417 e. The number of hydrogen-bond acceptors (Lipinski definition) is 5. The van der Waals surface area contributed by atoms with Crippen molar-refractivity contribution in [1.29, 1.82) is 0 Å². The molecule has 0 aliphatic heterocycles. The number of methoxy groups -OCH3 is 1. The largest absolute Gasteiger partial charge is 0.497 e. The first-order valence-corrected chi connectivity index (χ1v) is 9.76. The standard InChI is InChI=1S/C14H12F3NOS3/c1-19-12-5-2-10(3-6-12)9-20-22-21-13-7-4-11(8-18-13)14(15,16)17/h2-8H,9H2,1H3. The Kier molecular flexibility index (Phi) is 6.34. The lowest BCUT2D eigenvalue weighted by Crippen LogP contribution is -2.04. The van der Waals surface area contributed by atoms with E-state index < -0.39 is 11.7 Å². The van der Waals surface area contributed by atoms with E-state index in [0.29, 0.717) is 5.03 Å². The number of nitrogens with zero attached hydrogens (tertiary/aromatic N) is 1. The first-order valence-electron chi connectivity index (χ1n) is 6.11. The van der Waals surface area contributed by atoms with Crippen molar-refractivity contribution < 1.29 is 17.9 Å². The van der Waals surface area contributed by atoms with Crippen LogP contribution in [-0.2, 0) is 11.9 Å². The lowest BCUT2D eigenvalue weighted by Gasteiger charge is -2.06. The molecule has 0 amide bonds. The molecule has 8 heteroatoms. The Bertz CT molecular complexity index is 588. The summed E-state index contributed by atoms with van der Waals surface area (Å²) in [7, 11) is 6.05. The van der Waals surface area contributed by atoms with Crippen LogP contribution in [-0.4, -0.2) is 12.1 Å². The predicted molar refractivity (Wildman–Crippen MR) is 87.0 cm³/mol. The minimum Gasteiger partial charge on any atom is -0.497 e. The Morgan fingerprint density at radius 2 is 1.82 bits per heavy atom. The molecule has 0 spiro atoms. The van der Waals surface area contributed by atoms with Crippen molar-refractivity contribution in [2.45, 2.75) is 17.0 Å². The van der Waals surface area contributed by atoms with E-state index in [4.69, 9.17) is 4.74 Å². The Hall–Kier alpha value is -0.990. The molecule has 0 bridgehead atoms. The number of benzene rings is 1. The molecule has 118 valence electrons. The van der Waals surface area contributed by atoms with E-state index in [2.05, 4.69) is 4.98 Å². The molecule has 0 saturated carbocycles. The van der Waals surface area contributed by atoms with Gasteiger partial charge in [-0.15, -0.1) is 0 Å². The van der Waals surface area contributed by atoms with Gasteiger partial charge < -0.3 is 4.74 Å². The average molecular weight is 363 g/mol. The van der Waals surface area contributed by atoms with E-state index in [-0.39, 0.29) is 0 Å². The van der Waals surface area contributed by atoms with Crippen LogP contribution in [0.5, 0.6) is 5.75 Å². The number of halogens is 3. The van der Waals surface area contributed by atoms with Crippen LogP contribution in [0.2, 0.25) is 0 Å². The molecule has 0 aliphatic carbocycles. The minimum absolute atomic E-state index is 0.556. The molecular formula is C14H12F3NOS3. The third-order valence-electron chi connectivity index (χ3n) is 2.62. The monoisotopic (exact) mass is 363 g/mol. The Labute approximate surface area is 138 Å². The molecule has 1 heterocycles. The third-order valence-corrected chi connectivity index (χ3v) is 6.48. The summed E-state index contributed by atoms with van der Waals surface area (Å²) in [4.78, 5) is 3.80. The molecule has 0 atom stereocenters. The van der Waals surface area contributed by atoms with E-state index in [1.54, 1.807) is 17.9 Å². The lowest BCUT2D eigenvalue weighted by molar-refractivity contribution is -0.137. The van der Waals surface area contributed by atoms with E-state index in [1.807, 2.05) is 24.3 Å². The second-order valence-electron chi connectivity index (χ2n) is 4.14. The van der Waals surface area contributed by atoms with E-state index in [1.165, 1.54) is 26.7 Å². The Balaban J connectivity index is 1.76. The van der Waals surface area contributed by atoms with Gasteiger partial charge in [0.05, 0.1) is 12.7 Å². The molecular weight excluding hydrogens is 351 g/mol. The zero-order chi connectivity index (χ0) is 16.0. The van der Waals surface area contributed by atoms with Gasteiger partial charge in [0.15, 0.2) is 0 Å². The zero-order valence-corrected chi connectivity index (χ0v) is 13.9. The van der Waals surface area contributed by atoms with Crippen LogP contribution in [0.3, 0.4) is 0 Å². The highest BCUT2D eigenvalue weighted by Gasteiger charge is 2.30. The molecule has 2 aromatic rings. The van der Waals surface area contributed by atoms with Crippen LogP contribution >= 0.6 is 31.4 Å². The van der Waals surface area contributed by atoms with Crippen molar-refractivity contribution in [2.24, 2.45) is 0 Å². The maximum absolute atomic E-state index is 12.4. The van der Waals surface area contributed by atoms with Crippen molar-refractivity contribution in [3.63, 3.8) is 0 Å². The molecule has 1 aromatic heterocycles. The van der Waals surface area contributed by atoms with Gasteiger partial charge in [0, 0.05) is 11.9 Å². The molecule has 1 aromatic carbocycles. The minimum atomic E-state index is -4.34. The number of rotatable bonds is 6. The molecule has 0 fully saturated rings. The Morgan fingerprint density at radius 3 is 2.36 bits per heavy atom. The van der Waals surface area contributed by atoms with Crippen molar-refractivity contribution in [3.8, 4) is 5.75 Å².